The Kier molecular flexibility index (Phi) is 8.96. The minimum atomic E-state index is 0.536. The van der Waals surface area contributed by atoms with E-state index in [0.29, 0.717) is 22.9 Å². The molecule has 0 unspecified atom stereocenters. The van der Waals surface area contributed by atoms with Gasteiger partial charge in [-0.2, -0.15) is 0 Å². The highest BCUT2D eigenvalue weighted by Gasteiger charge is 2.22. The number of furan rings is 3. The third-order valence-corrected chi connectivity index (χ3v) is 14.7. The topological polar surface area (TPSA) is 78.1 Å². The molecule has 328 valence electrons. The molecule has 0 bridgehead atoms. The van der Waals surface area contributed by atoms with Crippen molar-refractivity contribution in [3.05, 3.63) is 223 Å². The number of aromatic nitrogens is 3. The zero-order valence-corrected chi connectivity index (χ0v) is 38.3. The fraction of sp³-hybridized carbons (Fsp3) is 0. The van der Waals surface area contributed by atoms with E-state index < -0.39 is 0 Å². The number of nitrogens with zero attached hydrogens (tertiary/aromatic N) is 3. The van der Waals surface area contributed by atoms with Gasteiger partial charge in [0.15, 0.2) is 17.5 Å². The summed E-state index contributed by atoms with van der Waals surface area (Å²) in [7, 11) is 0. The summed E-state index contributed by atoms with van der Waals surface area (Å²) in [4.78, 5) is 15.5. The number of para-hydroxylation sites is 2. The average Bonchev–Trinajstić information content (AvgIpc) is 4.19. The van der Waals surface area contributed by atoms with Gasteiger partial charge in [0.1, 0.15) is 33.3 Å². The van der Waals surface area contributed by atoms with E-state index in [0.717, 1.165) is 110 Å². The van der Waals surface area contributed by atoms with Crippen molar-refractivity contribution in [1.29, 1.82) is 0 Å². The number of allylic oxidation sites excluding steroid dienone is 1. The Morgan fingerprint density at radius 1 is 0.414 bits per heavy atom. The standard InChI is InChI=1S/C63H37N3O3S/c1-3-42(60-36(2)43-16-7-10-20-50(43)69-60)37-24-26-39(27-25-37)62-64-61(38-14-5-4-6-15-38)65-63(66-62)48-19-13-22-53-58(48)49-34-41(29-32-52(49)68-53)57-44(31-33-54-59(57)47-18-8-11-21-51(47)67-54)40-28-30-46-45-17-9-12-23-55(45)70-56(46)35-40/h3-35H,1-2H2/b60-42-. The molecule has 0 saturated carbocycles. The lowest BCUT2D eigenvalue weighted by Gasteiger charge is -2.13. The van der Waals surface area contributed by atoms with Gasteiger partial charge in [0, 0.05) is 80.1 Å². The van der Waals surface area contributed by atoms with Gasteiger partial charge >= 0.3 is 0 Å². The van der Waals surface area contributed by atoms with Crippen molar-refractivity contribution in [1.82, 2.24) is 15.0 Å². The molecule has 0 atom stereocenters. The van der Waals surface area contributed by atoms with E-state index >= 15 is 0 Å². The van der Waals surface area contributed by atoms with Crippen LogP contribution in [-0.4, -0.2) is 15.0 Å². The second-order valence-corrected chi connectivity index (χ2v) is 18.6. The lowest BCUT2D eigenvalue weighted by atomic mass is 9.89. The van der Waals surface area contributed by atoms with Crippen molar-refractivity contribution in [2.45, 2.75) is 0 Å². The highest BCUT2D eigenvalue weighted by Crippen LogP contribution is 2.46. The predicted molar refractivity (Wildman–Crippen MR) is 288 cm³/mol. The number of thiophene rings is 1. The van der Waals surface area contributed by atoms with Crippen LogP contribution >= 0.6 is 11.3 Å². The van der Waals surface area contributed by atoms with Gasteiger partial charge < -0.3 is 13.3 Å². The van der Waals surface area contributed by atoms with Crippen LogP contribution in [-0.2, 0) is 0 Å². The third-order valence-electron chi connectivity index (χ3n) is 13.5. The third kappa shape index (κ3) is 6.29. The van der Waals surface area contributed by atoms with Crippen LogP contribution in [0.5, 0.6) is 0 Å². The number of benzene rings is 9. The van der Waals surface area contributed by atoms with E-state index in [9.17, 15) is 0 Å². The molecule has 0 aliphatic heterocycles. The van der Waals surface area contributed by atoms with Gasteiger partial charge in [0.25, 0.3) is 0 Å². The Balaban J connectivity index is 0.951. The molecule has 9 aromatic carbocycles. The molecule has 14 aromatic rings. The van der Waals surface area contributed by atoms with E-state index in [1.807, 2.05) is 108 Å². The lowest BCUT2D eigenvalue weighted by Crippen LogP contribution is -2.21. The van der Waals surface area contributed by atoms with Crippen LogP contribution in [0, 0.1) is 0 Å². The zero-order valence-electron chi connectivity index (χ0n) is 37.4. The molecule has 70 heavy (non-hydrogen) atoms. The first kappa shape index (κ1) is 39.9. The summed E-state index contributed by atoms with van der Waals surface area (Å²) in [5.74, 6) is 1.65. The second kappa shape index (κ2) is 15.7. The van der Waals surface area contributed by atoms with Gasteiger partial charge in [-0.05, 0) is 70.8 Å². The minimum Gasteiger partial charge on any atom is -0.456 e. The van der Waals surface area contributed by atoms with Crippen molar-refractivity contribution in [2.24, 2.45) is 0 Å². The molecule has 0 aliphatic carbocycles. The molecular weight excluding hydrogens is 879 g/mol. The number of hydrogen-bond acceptors (Lipinski definition) is 7. The number of fused-ring (bicyclic) bond motifs is 10. The fourth-order valence-electron chi connectivity index (χ4n) is 10.2. The van der Waals surface area contributed by atoms with Crippen LogP contribution in [0.1, 0.15) is 5.56 Å². The summed E-state index contributed by atoms with van der Waals surface area (Å²) in [5, 5.41) is 8.36. The predicted octanol–water partition coefficient (Wildman–Crippen LogP) is 15.9. The maximum atomic E-state index is 6.67. The minimum absolute atomic E-state index is 0.536. The van der Waals surface area contributed by atoms with Crippen molar-refractivity contribution in [3.8, 4) is 56.4 Å². The zero-order chi connectivity index (χ0) is 46.5. The monoisotopic (exact) mass is 915 g/mol. The van der Waals surface area contributed by atoms with E-state index in [-0.39, 0.29) is 0 Å². The van der Waals surface area contributed by atoms with Gasteiger partial charge in [0.05, 0.1) is 0 Å². The summed E-state index contributed by atoms with van der Waals surface area (Å²) in [6, 6.07) is 66.9. The molecule has 0 fully saturated rings. The van der Waals surface area contributed by atoms with Crippen LogP contribution in [0.4, 0.5) is 0 Å². The summed E-state index contributed by atoms with van der Waals surface area (Å²) < 4.78 is 22.0. The number of hydrogen-bond donors (Lipinski definition) is 0. The Labute approximate surface area is 404 Å². The SMILES string of the molecule is C=C/C(c1ccc(-c2nc(-c3ccccc3)nc(-c3cccc4oc5ccc(-c6c(-c7ccc8c(c7)sc7ccccc78)ccc7oc8ccccc8c67)cc5c34)n2)cc1)=c1/oc2ccccc2c1=C. The smallest absolute Gasteiger partial charge is 0.164 e. The maximum Gasteiger partial charge on any atom is 0.164 e. The Morgan fingerprint density at radius 3 is 1.80 bits per heavy atom. The molecule has 0 saturated heterocycles. The van der Waals surface area contributed by atoms with Crippen LogP contribution in [0.25, 0.3) is 144 Å². The molecule has 5 aromatic heterocycles. The highest BCUT2D eigenvalue weighted by molar-refractivity contribution is 7.25. The summed E-state index contributed by atoms with van der Waals surface area (Å²) in [5.41, 5.74) is 13.4. The van der Waals surface area contributed by atoms with E-state index in [2.05, 4.69) is 116 Å². The average molecular weight is 916 g/mol. The molecule has 14 rings (SSSR count). The van der Waals surface area contributed by atoms with E-state index in [4.69, 9.17) is 28.2 Å². The molecule has 6 nitrogen and oxygen atoms in total. The van der Waals surface area contributed by atoms with Gasteiger partial charge in [-0.1, -0.05) is 165 Å². The Bertz CT molecular complexity index is 4580. The molecule has 0 amide bonds. The van der Waals surface area contributed by atoms with Crippen molar-refractivity contribution in [2.75, 3.05) is 0 Å². The van der Waals surface area contributed by atoms with Crippen molar-refractivity contribution < 1.29 is 13.3 Å². The molecular formula is C63H37N3O3S. The Hall–Kier alpha value is -9.17. The lowest BCUT2D eigenvalue weighted by molar-refractivity contribution is 0.573. The quantitative estimate of drug-likeness (QED) is 0.158. The fourth-order valence-corrected chi connectivity index (χ4v) is 11.4. The molecule has 5 heterocycles. The van der Waals surface area contributed by atoms with Gasteiger partial charge in [-0.25, -0.2) is 15.0 Å². The van der Waals surface area contributed by atoms with Crippen molar-refractivity contribution >= 4 is 98.5 Å². The molecule has 0 N–H and O–H groups in total. The summed E-state index contributed by atoms with van der Waals surface area (Å²) >= 11 is 1.83. The normalized spacial score (nSPS) is 12.3. The molecule has 0 radical (unpaired) electrons. The van der Waals surface area contributed by atoms with Gasteiger partial charge in [-0.15, -0.1) is 11.3 Å². The van der Waals surface area contributed by atoms with Gasteiger partial charge in [-0.3, -0.25) is 0 Å². The van der Waals surface area contributed by atoms with E-state index in [1.54, 1.807) is 0 Å². The van der Waals surface area contributed by atoms with Crippen LogP contribution < -0.4 is 10.6 Å². The summed E-state index contributed by atoms with van der Waals surface area (Å²) in [6.45, 7) is 8.50. The summed E-state index contributed by atoms with van der Waals surface area (Å²) in [6.07, 6.45) is 1.82. The first-order chi connectivity index (χ1) is 34.5. The first-order valence-electron chi connectivity index (χ1n) is 23.1. The number of rotatable bonds is 7. The largest absolute Gasteiger partial charge is 0.456 e. The second-order valence-electron chi connectivity index (χ2n) is 17.5. The van der Waals surface area contributed by atoms with Crippen molar-refractivity contribution in [3.63, 3.8) is 0 Å². The molecule has 0 aliphatic rings. The van der Waals surface area contributed by atoms with Crippen LogP contribution in [0.15, 0.2) is 220 Å². The maximum absolute atomic E-state index is 6.67. The van der Waals surface area contributed by atoms with Crippen LogP contribution in [0.2, 0.25) is 0 Å². The highest BCUT2D eigenvalue weighted by atomic mass is 32.1. The van der Waals surface area contributed by atoms with Crippen LogP contribution in [0.3, 0.4) is 0 Å². The van der Waals surface area contributed by atoms with Gasteiger partial charge in [0.2, 0.25) is 0 Å². The molecule has 0 spiro atoms. The Morgan fingerprint density at radius 2 is 1.01 bits per heavy atom. The first-order valence-corrected chi connectivity index (χ1v) is 23.9. The van der Waals surface area contributed by atoms with E-state index in [1.165, 1.54) is 20.2 Å². The molecule has 7 heteroatoms.